The fraction of sp³-hybridized carbons (Fsp3) is 0.571. The van der Waals surface area contributed by atoms with Gasteiger partial charge >= 0.3 is 0 Å². The number of rotatable bonds is 3. The van der Waals surface area contributed by atoms with Crippen LogP contribution < -0.4 is 5.73 Å². The molecule has 1 heterocycles. The predicted octanol–water partition coefficient (Wildman–Crippen LogP) is 1.70. The lowest BCUT2D eigenvalue weighted by atomic mass is 10.1. The van der Waals surface area contributed by atoms with Crippen molar-refractivity contribution in [3.8, 4) is 0 Å². The van der Waals surface area contributed by atoms with Gasteiger partial charge in [0.1, 0.15) is 5.69 Å². The molecule has 1 unspecified atom stereocenters. The van der Waals surface area contributed by atoms with Crippen molar-refractivity contribution in [2.75, 3.05) is 32.4 Å². The summed E-state index contributed by atoms with van der Waals surface area (Å²) in [7, 11) is 2.13. The molecule has 0 aliphatic carbocycles. The zero-order valence-electron chi connectivity index (χ0n) is 12.1. The van der Waals surface area contributed by atoms with Gasteiger partial charge in [0.05, 0.1) is 4.92 Å². The number of hydrogen-bond donors (Lipinski definition) is 1. The van der Waals surface area contributed by atoms with Crippen LogP contribution in [0, 0.1) is 10.1 Å². The van der Waals surface area contributed by atoms with Crippen molar-refractivity contribution >= 4 is 11.4 Å². The van der Waals surface area contributed by atoms with Crippen LogP contribution in [0.4, 0.5) is 11.4 Å². The first-order valence-corrected chi connectivity index (χ1v) is 6.93. The highest BCUT2D eigenvalue weighted by atomic mass is 16.6. The van der Waals surface area contributed by atoms with Crippen LogP contribution in [0.15, 0.2) is 18.2 Å². The Labute approximate surface area is 119 Å². The Morgan fingerprint density at radius 3 is 2.90 bits per heavy atom. The van der Waals surface area contributed by atoms with Gasteiger partial charge < -0.3 is 10.6 Å². The molecule has 0 radical (unpaired) electrons. The summed E-state index contributed by atoms with van der Waals surface area (Å²) in [6, 6.07) is 5.46. The van der Waals surface area contributed by atoms with Gasteiger partial charge in [0, 0.05) is 31.7 Å². The van der Waals surface area contributed by atoms with Crippen LogP contribution in [0.5, 0.6) is 0 Å². The molecule has 6 nitrogen and oxygen atoms in total. The molecule has 0 amide bonds. The second-order valence-electron chi connectivity index (χ2n) is 5.54. The monoisotopic (exact) mass is 278 g/mol. The second-order valence-corrected chi connectivity index (χ2v) is 5.54. The van der Waals surface area contributed by atoms with E-state index in [9.17, 15) is 10.1 Å². The van der Waals surface area contributed by atoms with Crippen molar-refractivity contribution in [2.45, 2.75) is 25.9 Å². The average molecular weight is 278 g/mol. The van der Waals surface area contributed by atoms with Crippen LogP contribution in [-0.2, 0) is 6.54 Å². The lowest BCUT2D eigenvalue weighted by molar-refractivity contribution is -0.384. The Kier molecular flexibility index (Phi) is 4.57. The number of para-hydroxylation sites is 1. The van der Waals surface area contributed by atoms with E-state index in [2.05, 4.69) is 23.8 Å². The first-order chi connectivity index (χ1) is 9.49. The molecule has 110 valence electrons. The van der Waals surface area contributed by atoms with E-state index in [0.29, 0.717) is 18.3 Å². The summed E-state index contributed by atoms with van der Waals surface area (Å²) >= 11 is 0. The molecule has 0 aromatic heterocycles. The molecule has 1 aromatic carbocycles. The third kappa shape index (κ3) is 3.26. The van der Waals surface area contributed by atoms with Crippen LogP contribution >= 0.6 is 0 Å². The van der Waals surface area contributed by atoms with E-state index in [1.807, 2.05) is 6.07 Å². The van der Waals surface area contributed by atoms with Gasteiger partial charge in [-0.05, 0) is 32.5 Å². The van der Waals surface area contributed by atoms with Crippen molar-refractivity contribution in [1.82, 2.24) is 9.80 Å². The van der Waals surface area contributed by atoms with E-state index in [0.717, 1.165) is 31.6 Å². The Balaban J connectivity index is 2.17. The fourth-order valence-corrected chi connectivity index (χ4v) is 2.77. The van der Waals surface area contributed by atoms with E-state index in [-0.39, 0.29) is 5.69 Å². The molecule has 1 atom stereocenters. The van der Waals surface area contributed by atoms with Crippen molar-refractivity contribution in [3.63, 3.8) is 0 Å². The SMILES string of the molecule is CC1CN(C)CCCN1Cc1cccc([N+](=O)[O-])c1N. The Morgan fingerprint density at radius 2 is 2.20 bits per heavy atom. The number of anilines is 1. The van der Waals surface area contributed by atoms with Crippen LogP contribution in [0.25, 0.3) is 0 Å². The first kappa shape index (κ1) is 14.7. The molecular weight excluding hydrogens is 256 g/mol. The quantitative estimate of drug-likeness (QED) is 0.517. The Bertz CT molecular complexity index is 492. The van der Waals surface area contributed by atoms with Crippen LogP contribution in [0.1, 0.15) is 18.9 Å². The summed E-state index contributed by atoms with van der Waals surface area (Å²) < 4.78 is 0. The molecule has 0 bridgehead atoms. The number of nitrogens with zero attached hydrogens (tertiary/aromatic N) is 3. The van der Waals surface area contributed by atoms with Gasteiger partial charge in [-0.15, -0.1) is 0 Å². The highest BCUT2D eigenvalue weighted by Crippen LogP contribution is 2.26. The molecular formula is C14H22N4O2. The molecule has 1 aliphatic heterocycles. The molecule has 1 aromatic rings. The van der Waals surface area contributed by atoms with Crippen LogP contribution in [0.2, 0.25) is 0 Å². The molecule has 2 rings (SSSR count). The van der Waals surface area contributed by atoms with Gasteiger partial charge in [0.25, 0.3) is 5.69 Å². The summed E-state index contributed by atoms with van der Waals surface area (Å²) in [5, 5.41) is 10.9. The van der Waals surface area contributed by atoms with Crippen molar-refractivity contribution in [3.05, 3.63) is 33.9 Å². The zero-order chi connectivity index (χ0) is 14.7. The number of likely N-dealkylation sites (N-methyl/N-ethyl adjacent to an activating group) is 1. The minimum atomic E-state index is -0.418. The summed E-state index contributed by atoms with van der Waals surface area (Å²) in [6.07, 6.45) is 1.11. The summed E-state index contributed by atoms with van der Waals surface area (Å²) in [5.41, 5.74) is 7.07. The molecule has 1 saturated heterocycles. The fourth-order valence-electron chi connectivity index (χ4n) is 2.77. The Hall–Kier alpha value is -1.66. The second kappa shape index (κ2) is 6.19. The van der Waals surface area contributed by atoms with E-state index in [1.165, 1.54) is 6.07 Å². The largest absolute Gasteiger partial charge is 0.393 e. The van der Waals surface area contributed by atoms with E-state index < -0.39 is 4.92 Å². The average Bonchev–Trinajstić information content (AvgIpc) is 2.53. The van der Waals surface area contributed by atoms with E-state index in [4.69, 9.17) is 5.73 Å². The topological polar surface area (TPSA) is 75.6 Å². The molecule has 0 saturated carbocycles. The minimum Gasteiger partial charge on any atom is -0.393 e. The number of nitro groups is 1. The normalized spacial score (nSPS) is 21.6. The number of nitrogen functional groups attached to an aromatic ring is 1. The van der Waals surface area contributed by atoms with Gasteiger partial charge in [-0.25, -0.2) is 0 Å². The molecule has 20 heavy (non-hydrogen) atoms. The molecule has 2 N–H and O–H groups in total. The number of nitrogens with two attached hydrogens (primary N) is 1. The lowest BCUT2D eigenvalue weighted by Crippen LogP contribution is -2.37. The molecule has 1 fully saturated rings. The third-order valence-corrected chi connectivity index (χ3v) is 3.93. The number of benzene rings is 1. The summed E-state index contributed by atoms with van der Waals surface area (Å²) in [5.74, 6) is 0. The highest BCUT2D eigenvalue weighted by Gasteiger charge is 2.22. The molecule has 0 spiro atoms. The summed E-state index contributed by atoms with van der Waals surface area (Å²) in [6.45, 7) is 5.95. The smallest absolute Gasteiger partial charge is 0.292 e. The van der Waals surface area contributed by atoms with Gasteiger partial charge in [-0.1, -0.05) is 12.1 Å². The van der Waals surface area contributed by atoms with E-state index in [1.54, 1.807) is 6.07 Å². The highest BCUT2D eigenvalue weighted by molar-refractivity contribution is 5.62. The minimum absolute atomic E-state index is 0.00194. The zero-order valence-corrected chi connectivity index (χ0v) is 12.1. The van der Waals surface area contributed by atoms with Gasteiger partial charge in [-0.3, -0.25) is 15.0 Å². The van der Waals surface area contributed by atoms with Gasteiger partial charge in [-0.2, -0.15) is 0 Å². The maximum absolute atomic E-state index is 10.9. The molecule has 6 heteroatoms. The number of nitro benzene ring substituents is 1. The maximum atomic E-state index is 10.9. The number of hydrogen-bond acceptors (Lipinski definition) is 5. The summed E-state index contributed by atoms with van der Waals surface area (Å²) in [4.78, 5) is 15.2. The van der Waals surface area contributed by atoms with E-state index >= 15 is 0 Å². The van der Waals surface area contributed by atoms with Crippen LogP contribution in [-0.4, -0.2) is 47.4 Å². The molecule has 1 aliphatic rings. The van der Waals surface area contributed by atoms with Gasteiger partial charge in [0.2, 0.25) is 0 Å². The third-order valence-electron chi connectivity index (χ3n) is 3.93. The lowest BCUT2D eigenvalue weighted by Gasteiger charge is -2.28. The Morgan fingerprint density at radius 1 is 1.45 bits per heavy atom. The van der Waals surface area contributed by atoms with Crippen molar-refractivity contribution in [1.29, 1.82) is 0 Å². The van der Waals surface area contributed by atoms with Crippen molar-refractivity contribution in [2.24, 2.45) is 0 Å². The van der Waals surface area contributed by atoms with Gasteiger partial charge in [0.15, 0.2) is 0 Å². The van der Waals surface area contributed by atoms with Crippen molar-refractivity contribution < 1.29 is 4.92 Å². The first-order valence-electron chi connectivity index (χ1n) is 6.93. The maximum Gasteiger partial charge on any atom is 0.292 e. The predicted molar refractivity (Wildman–Crippen MR) is 79.5 cm³/mol. The van der Waals surface area contributed by atoms with Crippen LogP contribution in [0.3, 0.4) is 0 Å². The standard InChI is InChI=1S/C14H22N4O2/c1-11-9-16(2)7-4-8-17(11)10-12-5-3-6-13(14(12)15)18(19)20/h3,5-6,11H,4,7-10,15H2,1-2H3.